The maximum absolute atomic E-state index is 14.9. The lowest BCUT2D eigenvalue weighted by molar-refractivity contribution is -0.138. The van der Waals surface area contributed by atoms with Gasteiger partial charge >= 0.3 is 12.4 Å². The maximum Gasteiger partial charge on any atom is 0.417 e. The Hall–Kier alpha value is -8.04. The summed E-state index contributed by atoms with van der Waals surface area (Å²) in [4.78, 5) is 73.1. The summed E-state index contributed by atoms with van der Waals surface area (Å²) in [6.07, 6.45) is -7.76. The smallest absolute Gasteiger partial charge is 0.417 e. The van der Waals surface area contributed by atoms with Crippen molar-refractivity contribution in [2.75, 3.05) is 19.6 Å². The van der Waals surface area contributed by atoms with Crippen LogP contribution in [0.2, 0.25) is 0 Å². The predicted octanol–water partition coefficient (Wildman–Crippen LogP) is 9.37. The van der Waals surface area contributed by atoms with E-state index in [1.807, 2.05) is 32.9 Å². The number of likely N-dealkylation sites (tertiary alicyclic amines) is 1. The number of guanidine groups is 2. The zero-order valence-corrected chi connectivity index (χ0v) is 44.4. The summed E-state index contributed by atoms with van der Waals surface area (Å²) >= 11 is 0. The first-order chi connectivity index (χ1) is 37.8. The molecule has 4 aromatic carbocycles. The molecule has 5 amide bonds. The molecule has 3 fully saturated rings. The first-order valence-corrected chi connectivity index (χ1v) is 26.3. The highest BCUT2D eigenvalue weighted by Crippen LogP contribution is 2.41. The Labute approximate surface area is 456 Å². The van der Waals surface area contributed by atoms with Crippen LogP contribution in [0.1, 0.15) is 130 Å². The molecule has 0 radical (unpaired) electrons. The van der Waals surface area contributed by atoms with Crippen LogP contribution < -0.4 is 16.0 Å². The molecule has 4 aliphatic heterocycles. The maximum atomic E-state index is 14.9. The van der Waals surface area contributed by atoms with Gasteiger partial charge in [-0.25, -0.2) is 4.39 Å². The minimum absolute atomic E-state index is 0.0479. The van der Waals surface area contributed by atoms with E-state index in [0.717, 1.165) is 45.7 Å². The SMILES string of the molecule is CC(=O)NCc1cc2c(o1)CCN(C(=O)c1cc(CN3C(=N)NC(CCC(C)Cc4cccc(C5(CC(C)C)NC(=N)N(Cc6ccc(C(F)(F)F)c(C(=O)N7CCC7)c6)C5=O)c4)(c4ccc(F)cc4)C3=O)ccc1C(F)(F)F)C2. The van der Waals surface area contributed by atoms with Crippen LogP contribution in [0.3, 0.4) is 0 Å². The molecule has 5 aromatic rings. The van der Waals surface area contributed by atoms with E-state index in [-0.39, 0.29) is 86.2 Å². The number of benzene rings is 4. The Morgan fingerprint density at radius 3 is 1.84 bits per heavy atom. The number of nitrogens with one attached hydrogen (secondary N) is 5. The van der Waals surface area contributed by atoms with Crippen LogP contribution in [0.25, 0.3) is 0 Å². The molecule has 3 unspecified atom stereocenters. The third-order valence-corrected chi connectivity index (χ3v) is 15.3. The minimum Gasteiger partial charge on any atom is -0.464 e. The van der Waals surface area contributed by atoms with Gasteiger partial charge in [-0.1, -0.05) is 69.3 Å². The van der Waals surface area contributed by atoms with Crippen molar-refractivity contribution >= 4 is 41.5 Å². The van der Waals surface area contributed by atoms with Gasteiger partial charge in [0.05, 0.1) is 41.9 Å². The molecule has 0 spiro atoms. The second kappa shape index (κ2) is 21.9. The highest BCUT2D eigenvalue weighted by Gasteiger charge is 2.53. The van der Waals surface area contributed by atoms with Crippen molar-refractivity contribution in [2.24, 2.45) is 11.8 Å². The molecular formula is C58H60F7N9O6. The van der Waals surface area contributed by atoms with Gasteiger partial charge in [-0.2, -0.15) is 26.3 Å². The zero-order valence-electron chi connectivity index (χ0n) is 44.4. The van der Waals surface area contributed by atoms with E-state index >= 15 is 0 Å². The van der Waals surface area contributed by atoms with E-state index < -0.39 is 81.7 Å². The Morgan fingerprint density at radius 2 is 1.29 bits per heavy atom. The fourth-order valence-corrected chi connectivity index (χ4v) is 11.2. The Kier molecular flexibility index (Phi) is 15.5. The van der Waals surface area contributed by atoms with E-state index in [1.165, 1.54) is 47.1 Å². The summed E-state index contributed by atoms with van der Waals surface area (Å²) in [5.74, 6) is -3.56. The first-order valence-electron chi connectivity index (χ1n) is 26.3. The van der Waals surface area contributed by atoms with Crippen molar-refractivity contribution in [3.8, 4) is 0 Å². The third-order valence-electron chi connectivity index (χ3n) is 15.3. The van der Waals surface area contributed by atoms with Gasteiger partial charge < -0.3 is 30.2 Å². The van der Waals surface area contributed by atoms with Crippen molar-refractivity contribution in [1.82, 2.24) is 35.6 Å². The average molecular weight is 1110 g/mol. The zero-order chi connectivity index (χ0) is 57.6. The van der Waals surface area contributed by atoms with Crippen molar-refractivity contribution in [2.45, 2.75) is 116 Å². The summed E-state index contributed by atoms with van der Waals surface area (Å²) in [5.41, 5.74) is -3.87. The number of carbonyl (C=O) groups excluding carboxylic acids is 5. The molecule has 80 heavy (non-hydrogen) atoms. The summed E-state index contributed by atoms with van der Waals surface area (Å²) in [7, 11) is 0. The molecule has 4 aliphatic rings. The van der Waals surface area contributed by atoms with Crippen LogP contribution in [-0.4, -0.2) is 80.7 Å². The van der Waals surface area contributed by atoms with E-state index in [2.05, 4.69) is 16.0 Å². The second-order valence-electron chi connectivity index (χ2n) is 21.6. The number of furan rings is 1. The lowest BCUT2D eigenvalue weighted by Crippen LogP contribution is -2.45. The van der Waals surface area contributed by atoms with Crippen LogP contribution in [0, 0.1) is 28.5 Å². The third kappa shape index (κ3) is 11.4. The summed E-state index contributed by atoms with van der Waals surface area (Å²) in [6, 6.07) is 20.3. The molecule has 5 heterocycles. The number of hydrogen-bond acceptors (Lipinski definition) is 8. The topological polar surface area (TPSA) is 195 Å². The van der Waals surface area contributed by atoms with Gasteiger partial charge in [0.25, 0.3) is 23.6 Å². The molecule has 9 rings (SSSR count). The van der Waals surface area contributed by atoms with Crippen molar-refractivity contribution in [3.05, 3.63) is 164 Å². The second-order valence-corrected chi connectivity index (χ2v) is 21.6. The first kappa shape index (κ1) is 56.7. The van der Waals surface area contributed by atoms with Crippen LogP contribution in [0.4, 0.5) is 30.7 Å². The largest absolute Gasteiger partial charge is 0.464 e. The summed E-state index contributed by atoms with van der Waals surface area (Å²) in [5, 5.41) is 26.8. The number of nitrogens with zero attached hydrogens (tertiary/aromatic N) is 4. The monoisotopic (exact) mass is 1110 g/mol. The molecule has 422 valence electrons. The number of halogens is 7. The molecule has 15 nitrogen and oxygen atoms in total. The van der Waals surface area contributed by atoms with Gasteiger partial charge in [0, 0.05) is 45.1 Å². The average Bonchev–Trinajstić information content (AvgIpc) is 4.21. The molecular weight excluding hydrogens is 1050 g/mol. The highest BCUT2D eigenvalue weighted by molar-refractivity contribution is 6.09. The predicted molar refractivity (Wildman–Crippen MR) is 279 cm³/mol. The van der Waals surface area contributed by atoms with Crippen LogP contribution in [0.15, 0.2) is 95.4 Å². The van der Waals surface area contributed by atoms with Gasteiger partial charge in [0.1, 0.15) is 28.4 Å². The van der Waals surface area contributed by atoms with Gasteiger partial charge in [0.15, 0.2) is 11.9 Å². The van der Waals surface area contributed by atoms with Crippen LogP contribution >= 0.6 is 0 Å². The number of amides is 5. The molecule has 3 saturated heterocycles. The Morgan fingerprint density at radius 1 is 0.713 bits per heavy atom. The van der Waals surface area contributed by atoms with E-state index in [4.69, 9.17) is 15.2 Å². The van der Waals surface area contributed by atoms with Crippen molar-refractivity contribution in [1.29, 1.82) is 10.8 Å². The highest BCUT2D eigenvalue weighted by atomic mass is 19.4. The molecule has 3 atom stereocenters. The van der Waals surface area contributed by atoms with Crippen LogP contribution in [-0.2, 0) is 76.8 Å². The van der Waals surface area contributed by atoms with Crippen LogP contribution in [0.5, 0.6) is 0 Å². The molecule has 0 aliphatic carbocycles. The van der Waals surface area contributed by atoms with Crippen molar-refractivity contribution in [3.63, 3.8) is 0 Å². The minimum atomic E-state index is -4.92. The number of alkyl halides is 6. The fraction of sp³-hybridized carbons (Fsp3) is 0.397. The van der Waals surface area contributed by atoms with Gasteiger partial charge in [0.2, 0.25) is 5.91 Å². The summed E-state index contributed by atoms with van der Waals surface area (Å²) in [6.45, 7) is 7.21. The fourth-order valence-electron chi connectivity index (χ4n) is 11.2. The lowest BCUT2D eigenvalue weighted by atomic mass is 9.80. The van der Waals surface area contributed by atoms with E-state index in [0.29, 0.717) is 60.6 Å². The van der Waals surface area contributed by atoms with Crippen molar-refractivity contribution < 1.29 is 59.1 Å². The van der Waals surface area contributed by atoms with Gasteiger partial charge in [-0.15, -0.1) is 0 Å². The molecule has 22 heteroatoms. The number of fused-ring (bicyclic) bond motifs is 1. The van der Waals surface area contributed by atoms with Gasteiger partial charge in [-0.3, -0.25) is 44.6 Å². The van der Waals surface area contributed by atoms with Gasteiger partial charge in [-0.05, 0) is 114 Å². The number of hydrogen-bond donors (Lipinski definition) is 5. The Bertz CT molecular complexity index is 3280. The molecule has 0 saturated carbocycles. The quantitative estimate of drug-likeness (QED) is 0.0568. The normalized spacial score (nSPS) is 19.8. The number of carbonyl (C=O) groups is 5. The molecule has 0 bridgehead atoms. The molecule has 1 aromatic heterocycles. The standard InChI is InChI=1S/C58H60F7N9O6/c1-33(2)28-56(52(79)74(54(67)70-56)31-37-9-15-46(57(60,61)62)44(25-37)49(76)71-20-6-21-71)41-8-5-7-36(24-41)23-34(3)17-19-55(40-11-13-42(59)14-12-40)51(78)73(53(66)69-55)30-38-10-16-47(58(63,64)65)45(26-38)50(77)72-22-18-48-39(32-72)27-43(80-48)29-68-35(4)75/h5,7-16,24-27,33-34H,6,17-23,28-32H2,1-4H3,(H2,66,69)(H2,67,70)(H,68,75). The Balaban J connectivity index is 0.922. The number of rotatable bonds is 17. The van der Waals surface area contributed by atoms with E-state index in [9.17, 15) is 54.7 Å². The van der Waals surface area contributed by atoms with E-state index in [1.54, 1.807) is 18.2 Å². The molecule has 5 N–H and O–H groups in total. The lowest BCUT2D eigenvalue weighted by Gasteiger charge is -2.32. The summed E-state index contributed by atoms with van der Waals surface area (Å²) < 4.78 is 106.